The van der Waals surface area contributed by atoms with Gasteiger partial charge < -0.3 is 16.2 Å². The molecule has 5 heteroatoms. The molecule has 1 saturated heterocycles. The van der Waals surface area contributed by atoms with Crippen molar-refractivity contribution in [2.24, 2.45) is 0 Å². The molecule has 5 nitrogen and oxygen atoms in total. The number of nitrogens with zero attached hydrogens (tertiary/aromatic N) is 1. The molecule has 0 bridgehead atoms. The van der Waals surface area contributed by atoms with Gasteiger partial charge in [-0.05, 0) is 56.5 Å². The van der Waals surface area contributed by atoms with Crippen molar-refractivity contribution < 1.29 is 9.90 Å². The second kappa shape index (κ2) is 7.26. The summed E-state index contributed by atoms with van der Waals surface area (Å²) in [6.07, 6.45) is 4.02. The van der Waals surface area contributed by atoms with Gasteiger partial charge in [-0.1, -0.05) is 0 Å². The Morgan fingerprint density at radius 1 is 1.40 bits per heavy atom. The van der Waals surface area contributed by atoms with Crippen molar-refractivity contribution in [3.05, 3.63) is 24.3 Å². The number of nitrogens with two attached hydrogens (primary N) is 1. The predicted molar refractivity (Wildman–Crippen MR) is 80.4 cm³/mol. The molecule has 1 amide bonds. The van der Waals surface area contributed by atoms with Crippen LogP contribution in [0.25, 0.3) is 0 Å². The van der Waals surface area contributed by atoms with Crippen LogP contribution in [0.5, 0.6) is 0 Å². The summed E-state index contributed by atoms with van der Waals surface area (Å²) in [6.45, 7) is 1.60. The van der Waals surface area contributed by atoms with E-state index in [1.165, 1.54) is 0 Å². The topological polar surface area (TPSA) is 78.6 Å². The van der Waals surface area contributed by atoms with Crippen LogP contribution < -0.4 is 11.1 Å². The number of hydrogen-bond acceptors (Lipinski definition) is 4. The molecule has 0 aromatic heterocycles. The largest absolute Gasteiger partial charge is 0.399 e. The molecule has 2 rings (SSSR count). The Labute approximate surface area is 119 Å². The van der Waals surface area contributed by atoms with Crippen LogP contribution in [0, 0.1) is 0 Å². The van der Waals surface area contributed by atoms with Crippen molar-refractivity contribution in [2.75, 3.05) is 30.7 Å². The van der Waals surface area contributed by atoms with Crippen LogP contribution in [-0.2, 0) is 4.79 Å². The number of aliphatic hydroxyl groups excluding tert-OH is 1. The van der Waals surface area contributed by atoms with Crippen LogP contribution in [0.15, 0.2) is 24.3 Å². The number of aliphatic hydroxyl groups is 1. The first-order valence-electron chi connectivity index (χ1n) is 7.19. The van der Waals surface area contributed by atoms with Crippen molar-refractivity contribution >= 4 is 17.3 Å². The number of hydrogen-bond donors (Lipinski definition) is 3. The third kappa shape index (κ3) is 4.21. The van der Waals surface area contributed by atoms with Crippen molar-refractivity contribution in [3.63, 3.8) is 0 Å². The van der Waals surface area contributed by atoms with Gasteiger partial charge in [-0.2, -0.15) is 0 Å². The standard InChI is InChI=1S/C15H23N3O2/c16-12-5-7-13(8-6-12)17-15(20)11-18-9-1-3-14(18)4-2-10-19/h5-8,14,19H,1-4,9-11,16H2,(H,17,20). The first-order valence-corrected chi connectivity index (χ1v) is 7.19. The second-order valence-electron chi connectivity index (χ2n) is 5.30. The third-order valence-corrected chi connectivity index (χ3v) is 3.74. The third-order valence-electron chi connectivity index (χ3n) is 3.74. The SMILES string of the molecule is Nc1ccc(NC(=O)CN2CCCC2CCCO)cc1. The fourth-order valence-corrected chi connectivity index (χ4v) is 2.71. The molecular formula is C15H23N3O2. The predicted octanol–water partition coefficient (Wildman–Crippen LogP) is 1.44. The number of carbonyl (C=O) groups excluding carboxylic acids is 1. The van der Waals surface area contributed by atoms with E-state index in [1.54, 1.807) is 24.3 Å². The average Bonchev–Trinajstić information content (AvgIpc) is 2.86. The van der Waals surface area contributed by atoms with E-state index in [-0.39, 0.29) is 12.5 Å². The molecule has 0 aliphatic carbocycles. The quantitative estimate of drug-likeness (QED) is 0.688. The molecule has 20 heavy (non-hydrogen) atoms. The van der Waals surface area contributed by atoms with E-state index in [0.717, 1.165) is 37.9 Å². The lowest BCUT2D eigenvalue weighted by Crippen LogP contribution is -2.36. The molecule has 1 unspecified atom stereocenters. The highest BCUT2D eigenvalue weighted by molar-refractivity contribution is 5.92. The van der Waals surface area contributed by atoms with Gasteiger partial charge in [0.15, 0.2) is 0 Å². The first-order chi connectivity index (χ1) is 9.69. The summed E-state index contributed by atoms with van der Waals surface area (Å²) in [5, 5.41) is 11.8. The van der Waals surface area contributed by atoms with E-state index in [4.69, 9.17) is 10.8 Å². The number of benzene rings is 1. The maximum atomic E-state index is 12.0. The molecule has 1 fully saturated rings. The Kier molecular flexibility index (Phi) is 5.38. The molecule has 1 atom stereocenters. The van der Waals surface area contributed by atoms with Gasteiger partial charge in [0.25, 0.3) is 0 Å². The van der Waals surface area contributed by atoms with E-state index in [9.17, 15) is 4.79 Å². The van der Waals surface area contributed by atoms with Gasteiger partial charge in [-0.3, -0.25) is 9.69 Å². The molecule has 0 spiro atoms. The minimum atomic E-state index is 0.00525. The van der Waals surface area contributed by atoms with Crippen molar-refractivity contribution in [3.8, 4) is 0 Å². The molecule has 0 radical (unpaired) electrons. The molecule has 0 saturated carbocycles. The monoisotopic (exact) mass is 277 g/mol. The van der Waals surface area contributed by atoms with E-state index >= 15 is 0 Å². The zero-order chi connectivity index (χ0) is 14.4. The van der Waals surface area contributed by atoms with E-state index in [0.29, 0.717) is 18.3 Å². The molecule has 4 N–H and O–H groups in total. The Morgan fingerprint density at radius 2 is 2.15 bits per heavy atom. The Hall–Kier alpha value is -1.59. The summed E-state index contributed by atoms with van der Waals surface area (Å²) in [5.74, 6) is 0.00525. The molecule has 1 aromatic rings. The van der Waals surface area contributed by atoms with Gasteiger partial charge in [0.05, 0.1) is 6.54 Å². The first kappa shape index (κ1) is 14.8. The lowest BCUT2D eigenvalue weighted by molar-refractivity contribution is -0.117. The minimum absolute atomic E-state index is 0.00525. The second-order valence-corrected chi connectivity index (χ2v) is 5.30. The Bertz CT molecular complexity index is 433. The fraction of sp³-hybridized carbons (Fsp3) is 0.533. The molecule has 1 aliphatic heterocycles. The van der Waals surface area contributed by atoms with Crippen LogP contribution in [-0.4, -0.2) is 41.7 Å². The van der Waals surface area contributed by atoms with Crippen LogP contribution in [0.3, 0.4) is 0 Å². The summed E-state index contributed by atoms with van der Waals surface area (Å²) in [5.41, 5.74) is 7.07. The number of nitrogen functional groups attached to an aromatic ring is 1. The highest BCUT2D eigenvalue weighted by Gasteiger charge is 2.25. The van der Waals surface area contributed by atoms with Crippen LogP contribution >= 0.6 is 0 Å². The van der Waals surface area contributed by atoms with Crippen molar-refractivity contribution in [1.82, 2.24) is 4.90 Å². The zero-order valence-corrected chi connectivity index (χ0v) is 11.7. The number of likely N-dealkylation sites (tertiary alicyclic amines) is 1. The number of nitrogens with one attached hydrogen (secondary N) is 1. The number of carbonyl (C=O) groups is 1. The summed E-state index contributed by atoms with van der Waals surface area (Å²) in [7, 11) is 0. The molecule has 1 aromatic carbocycles. The number of rotatable bonds is 6. The van der Waals surface area contributed by atoms with E-state index in [1.807, 2.05) is 0 Å². The lowest BCUT2D eigenvalue weighted by Gasteiger charge is -2.23. The van der Waals surface area contributed by atoms with E-state index < -0.39 is 0 Å². The Morgan fingerprint density at radius 3 is 2.85 bits per heavy atom. The van der Waals surface area contributed by atoms with Gasteiger partial charge in [-0.15, -0.1) is 0 Å². The minimum Gasteiger partial charge on any atom is -0.399 e. The summed E-state index contributed by atoms with van der Waals surface area (Å²) >= 11 is 0. The van der Waals surface area contributed by atoms with E-state index in [2.05, 4.69) is 10.2 Å². The number of anilines is 2. The molecule has 110 valence electrons. The maximum Gasteiger partial charge on any atom is 0.238 e. The fourth-order valence-electron chi connectivity index (χ4n) is 2.71. The van der Waals surface area contributed by atoms with Crippen molar-refractivity contribution in [1.29, 1.82) is 0 Å². The van der Waals surface area contributed by atoms with Gasteiger partial charge >= 0.3 is 0 Å². The Balaban J connectivity index is 1.82. The van der Waals surface area contributed by atoms with Crippen molar-refractivity contribution in [2.45, 2.75) is 31.7 Å². The lowest BCUT2D eigenvalue weighted by atomic mass is 10.1. The van der Waals surface area contributed by atoms with Crippen LogP contribution in [0.1, 0.15) is 25.7 Å². The highest BCUT2D eigenvalue weighted by atomic mass is 16.3. The average molecular weight is 277 g/mol. The summed E-state index contributed by atoms with van der Waals surface area (Å²) in [6, 6.07) is 7.59. The van der Waals surface area contributed by atoms with Gasteiger partial charge in [-0.25, -0.2) is 0 Å². The van der Waals surface area contributed by atoms with Crippen LogP contribution in [0.2, 0.25) is 0 Å². The van der Waals surface area contributed by atoms with Gasteiger partial charge in [0, 0.05) is 24.0 Å². The molecule has 1 aliphatic rings. The number of amides is 1. The van der Waals surface area contributed by atoms with Gasteiger partial charge in [0.2, 0.25) is 5.91 Å². The van der Waals surface area contributed by atoms with Gasteiger partial charge in [0.1, 0.15) is 0 Å². The molecule has 1 heterocycles. The zero-order valence-electron chi connectivity index (χ0n) is 11.7. The summed E-state index contributed by atoms with van der Waals surface area (Å²) in [4.78, 5) is 14.2. The smallest absolute Gasteiger partial charge is 0.238 e. The summed E-state index contributed by atoms with van der Waals surface area (Å²) < 4.78 is 0. The maximum absolute atomic E-state index is 12.0. The normalized spacial score (nSPS) is 19.1. The molecular weight excluding hydrogens is 254 g/mol. The van der Waals surface area contributed by atoms with Crippen LogP contribution in [0.4, 0.5) is 11.4 Å². The highest BCUT2D eigenvalue weighted by Crippen LogP contribution is 2.21.